The molecule has 0 amide bonds. The number of hydrogen-bond donors (Lipinski definition) is 3. The zero-order chi connectivity index (χ0) is 15.1. The number of unbranched alkanes of at least 4 members (excludes halogenated alkanes) is 1. The van der Waals surface area contributed by atoms with Gasteiger partial charge in [0.15, 0.2) is 16.5 Å². The van der Waals surface area contributed by atoms with E-state index in [0.29, 0.717) is 22.1 Å². The number of thioether (sulfide) groups is 1. The summed E-state index contributed by atoms with van der Waals surface area (Å²) in [4.78, 5) is 8.81. The minimum absolute atomic E-state index is 0.0167. The Balaban J connectivity index is 2.06. The second-order valence-corrected chi connectivity index (χ2v) is 5.69. The highest BCUT2D eigenvalue weighted by molar-refractivity contribution is 7.99. The Morgan fingerprint density at radius 2 is 2.19 bits per heavy atom. The first kappa shape index (κ1) is 15.9. The van der Waals surface area contributed by atoms with Gasteiger partial charge in [0.25, 0.3) is 0 Å². The summed E-state index contributed by atoms with van der Waals surface area (Å²) in [6, 6.07) is -0.112. The Bertz CT molecular complexity index is 564. The zero-order valence-electron chi connectivity index (χ0n) is 12.2. The van der Waals surface area contributed by atoms with E-state index in [1.165, 1.54) is 0 Å². The lowest BCUT2D eigenvalue weighted by molar-refractivity contribution is 0.194. The van der Waals surface area contributed by atoms with E-state index in [-0.39, 0.29) is 12.6 Å². The number of nitrogens with zero attached hydrogens (tertiary/aromatic N) is 4. The third kappa shape index (κ3) is 4.51. The standard InChI is InChI=1S/C12H20N6O2S/c1-8(7-19)13-10-9-11(17-18-16-9)15-12(14-10)21-6-4-3-5-20-2/h8,19H,3-7H2,1-2H3,(H2,13,14,15,16,17,18)/t8-/m1/s1. The molecule has 0 aromatic carbocycles. The molecule has 0 fully saturated rings. The molecule has 2 aromatic heterocycles. The molecule has 0 unspecified atom stereocenters. The van der Waals surface area contributed by atoms with E-state index in [1.807, 2.05) is 6.92 Å². The first-order chi connectivity index (χ1) is 10.2. The molecule has 116 valence electrons. The van der Waals surface area contributed by atoms with Gasteiger partial charge in [0.1, 0.15) is 0 Å². The van der Waals surface area contributed by atoms with Crippen LogP contribution in [0.5, 0.6) is 0 Å². The van der Waals surface area contributed by atoms with Crippen molar-refractivity contribution in [3.05, 3.63) is 0 Å². The summed E-state index contributed by atoms with van der Waals surface area (Å²) in [5.74, 6) is 1.51. The SMILES string of the molecule is COCCCCSc1nc(N[C@H](C)CO)c2n[nH]nc2n1. The molecular formula is C12H20N6O2S. The van der Waals surface area contributed by atoms with Crippen molar-refractivity contribution in [3.63, 3.8) is 0 Å². The molecule has 0 aliphatic carbocycles. The molecule has 0 saturated carbocycles. The molecule has 9 heteroatoms. The minimum Gasteiger partial charge on any atom is -0.394 e. The number of H-pyrrole nitrogens is 1. The molecule has 21 heavy (non-hydrogen) atoms. The van der Waals surface area contributed by atoms with E-state index in [0.717, 1.165) is 25.2 Å². The maximum absolute atomic E-state index is 9.15. The Labute approximate surface area is 127 Å². The van der Waals surface area contributed by atoms with Crippen molar-refractivity contribution in [1.82, 2.24) is 25.4 Å². The summed E-state index contributed by atoms with van der Waals surface area (Å²) in [7, 11) is 1.70. The predicted molar refractivity (Wildman–Crippen MR) is 81.5 cm³/mol. The third-order valence-corrected chi connectivity index (χ3v) is 3.73. The van der Waals surface area contributed by atoms with Gasteiger partial charge in [-0.1, -0.05) is 11.8 Å². The smallest absolute Gasteiger partial charge is 0.207 e. The van der Waals surface area contributed by atoms with Gasteiger partial charge in [-0.05, 0) is 19.8 Å². The summed E-state index contributed by atoms with van der Waals surface area (Å²) in [6.07, 6.45) is 2.05. The topological polar surface area (TPSA) is 109 Å². The van der Waals surface area contributed by atoms with Gasteiger partial charge in [-0.25, -0.2) is 4.98 Å². The van der Waals surface area contributed by atoms with E-state index < -0.39 is 0 Å². The lowest BCUT2D eigenvalue weighted by atomic mass is 10.3. The van der Waals surface area contributed by atoms with Gasteiger partial charge in [-0.3, -0.25) is 0 Å². The normalized spacial score (nSPS) is 12.7. The lowest BCUT2D eigenvalue weighted by Crippen LogP contribution is -2.20. The summed E-state index contributed by atoms with van der Waals surface area (Å²) < 4.78 is 5.02. The number of methoxy groups -OCH3 is 1. The summed E-state index contributed by atoms with van der Waals surface area (Å²) >= 11 is 1.58. The molecule has 0 aliphatic rings. The van der Waals surface area contributed by atoms with Gasteiger partial charge in [0.05, 0.1) is 6.61 Å². The van der Waals surface area contributed by atoms with Crippen molar-refractivity contribution in [3.8, 4) is 0 Å². The average Bonchev–Trinajstić information content (AvgIpc) is 2.95. The fraction of sp³-hybridized carbons (Fsp3) is 0.667. The first-order valence-corrected chi connectivity index (χ1v) is 7.80. The fourth-order valence-corrected chi connectivity index (χ4v) is 2.52. The molecule has 2 aromatic rings. The third-order valence-electron chi connectivity index (χ3n) is 2.79. The van der Waals surface area contributed by atoms with E-state index in [4.69, 9.17) is 9.84 Å². The van der Waals surface area contributed by atoms with Crippen LogP contribution in [0.4, 0.5) is 5.82 Å². The second kappa shape index (κ2) is 8.11. The van der Waals surface area contributed by atoms with E-state index >= 15 is 0 Å². The second-order valence-electron chi connectivity index (χ2n) is 4.63. The van der Waals surface area contributed by atoms with Gasteiger partial charge in [-0.15, -0.1) is 5.10 Å². The number of ether oxygens (including phenoxy) is 1. The molecule has 1 atom stereocenters. The first-order valence-electron chi connectivity index (χ1n) is 6.82. The van der Waals surface area contributed by atoms with Gasteiger partial charge in [0, 0.05) is 25.5 Å². The monoisotopic (exact) mass is 312 g/mol. The molecule has 0 spiro atoms. The van der Waals surface area contributed by atoms with Crippen molar-refractivity contribution < 1.29 is 9.84 Å². The van der Waals surface area contributed by atoms with Crippen LogP contribution in [0.1, 0.15) is 19.8 Å². The quantitative estimate of drug-likeness (QED) is 0.358. The number of fused-ring (bicyclic) bond motifs is 1. The lowest BCUT2D eigenvalue weighted by Gasteiger charge is -2.12. The molecule has 3 N–H and O–H groups in total. The van der Waals surface area contributed by atoms with Crippen LogP contribution >= 0.6 is 11.8 Å². The zero-order valence-corrected chi connectivity index (χ0v) is 13.0. The molecule has 0 radical (unpaired) electrons. The van der Waals surface area contributed by atoms with Crippen molar-refractivity contribution in [1.29, 1.82) is 0 Å². The summed E-state index contributed by atoms with van der Waals surface area (Å²) in [5, 5.41) is 23.5. The molecule has 0 saturated heterocycles. The number of anilines is 1. The number of aromatic nitrogens is 5. The molecule has 2 heterocycles. The maximum atomic E-state index is 9.15. The van der Waals surface area contributed by atoms with E-state index in [1.54, 1.807) is 18.9 Å². The minimum atomic E-state index is -0.112. The van der Waals surface area contributed by atoms with Crippen LogP contribution in [-0.4, -0.2) is 62.6 Å². The number of hydrogen-bond acceptors (Lipinski definition) is 8. The van der Waals surface area contributed by atoms with Crippen molar-refractivity contribution in [2.75, 3.05) is 31.4 Å². The van der Waals surface area contributed by atoms with Crippen LogP contribution in [0.2, 0.25) is 0 Å². The van der Waals surface area contributed by atoms with Gasteiger partial charge < -0.3 is 15.2 Å². The summed E-state index contributed by atoms with van der Waals surface area (Å²) in [5.41, 5.74) is 1.11. The molecule has 8 nitrogen and oxygen atoms in total. The van der Waals surface area contributed by atoms with Crippen molar-refractivity contribution in [2.45, 2.75) is 31.0 Å². The van der Waals surface area contributed by atoms with Crippen LogP contribution < -0.4 is 5.32 Å². The van der Waals surface area contributed by atoms with Crippen LogP contribution in [-0.2, 0) is 4.74 Å². The van der Waals surface area contributed by atoms with Crippen LogP contribution in [0.25, 0.3) is 11.2 Å². The largest absolute Gasteiger partial charge is 0.394 e. The van der Waals surface area contributed by atoms with Crippen LogP contribution in [0.3, 0.4) is 0 Å². The number of aliphatic hydroxyl groups is 1. The molecule has 0 aliphatic heterocycles. The number of aromatic amines is 1. The molecule has 0 bridgehead atoms. The van der Waals surface area contributed by atoms with Gasteiger partial charge in [-0.2, -0.15) is 15.3 Å². The predicted octanol–water partition coefficient (Wildman–Crippen LogP) is 1.06. The Hall–Kier alpha value is -1.45. The van der Waals surface area contributed by atoms with Crippen LogP contribution in [0.15, 0.2) is 5.16 Å². The number of aliphatic hydroxyl groups excluding tert-OH is 1. The summed E-state index contributed by atoms with van der Waals surface area (Å²) in [6.45, 7) is 2.65. The highest BCUT2D eigenvalue weighted by atomic mass is 32.2. The highest BCUT2D eigenvalue weighted by Gasteiger charge is 2.13. The molecule has 2 rings (SSSR count). The van der Waals surface area contributed by atoms with Crippen LogP contribution in [0, 0.1) is 0 Å². The van der Waals surface area contributed by atoms with E-state index in [2.05, 4.69) is 30.7 Å². The van der Waals surface area contributed by atoms with Crippen molar-refractivity contribution >= 4 is 28.7 Å². The Morgan fingerprint density at radius 1 is 1.33 bits per heavy atom. The fourth-order valence-electron chi connectivity index (χ4n) is 1.68. The van der Waals surface area contributed by atoms with E-state index in [9.17, 15) is 0 Å². The Kier molecular flexibility index (Phi) is 6.15. The number of nitrogens with one attached hydrogen (secondary N) is 2. The van der Waals surface area contributed by atoms with Crippen molar-refractivity contribution in [2.24, 2.45) is 0 Å². The van der Waals surface area contributed by atoms with Gasteiger partial charge in [0.2, 0.25) is 5.65 Å². The Morgan fingerprint density at radius 3 is 2.95 bits per heavy atom. The average molecular weight is 312 g/mol. The molecular weight excluding hydrogens is 292 g/mol. The number of rotatable bonds is 9. The maximum Gasteiger partial charge on any atom is 0.207 e. The highest BCUT2D eigenvalue weighted by Crippen LogP contribution is 2.22. The van der Waals surface area contributed by atoms with Gasteiger partial charge >= 0.3 is 0 Å².